The lowest BCUT2D eigenvalue weighted by Crippen LogP contribution is -1.97. The van der Waals surface area contributed by atoms with Crippen molar-refractivity contribution in [2.24, 2.45) is 4.99 Å². The first kappa shape index (κ1) is 14.9. The summed E-state index contributed by atoms with van der Waals surface area (Å²) in [6.45, 7) is 0. The number of aliphatic imine (C=N–C) groups is 1. The molecule has 0 radical (unpaired) electrons. The second-order valence-electron chi connectivity index (χ2n) is 5.54. The lowest BCUT2D eigenvalue weighted by atomic mass is 10.1. The summed E-state index contributed by atoms with van der Waals surface area (Å²) in [7, 11) is 0. The Bertz CT molecular complexity index is 1030. The van der Waals surface area contributed by atoms with Gasteiger partial charge in [0.15, 0.2) is 0 Å². The second-order valence-corrected chi connectivity index (χ2v) is 6.40. The van der Waals surface area contributed by atoms with Crippen LogP contribution in [0.25, 0.3) is 16.5 Å². The van der Waals surface area contributed by atoms with Crippen molar-refractivity contribution in [1.82, 2.24) is 4.57 Å². The molecule has 3 aromatic carbocycles. The van der Waals surface area contributed by atoms with Crippen LogP contribution in [-0.2, 0) is 0 Å². The molecule has 0 aliphatic carbocycles. The number of para-hydroxylation sites is 1. The lowest BCUT2D eigenvalue weighted by Gasteiger charge is -2.08. The third kappa shape index (κ3) is 2.91. The minimum atomic E-state index is 0.920. The Morgan fingerprint density at radius 2 is 1.58 bits per heavy atom. The highest BCUT2D eigenvalue weighted by atomic mass is 79.9. The summed E-state index contributed by atoms with van der Waals surface area (Å²) >= 11 is 3.53. The summed E-state index contributed by atoms with van der Waals surface area (Å²) in [5.41, 5.74) is 3.09. The zero-order valence-electron chi connectivity index (χ0n) is 12.9. The van der Waals surface area contributed by atoms with Gasteiger partial charge in [-0.3, -0.25) is 4.99 Å². The fourth-order valence-electron chi connectivity index (χ4n) is 2.75. The fraction of sp³-hybridized carbons (Fsp3) is 0. The molecule has 2 nitrogen and oxygen atoms in total. The fourth-order valence-corrected chi connectivity index (χ4v) is 3.14. The molecule has 0 unspecified atom stereocenters. The van der Waals surface area contributed by atoms with Crippen molar-refractivity contribution in [3.05, 3.63) is 95.2 Å². The monoisotopic (exact) mass is 374 g/mol. The SMILES string of the molecule is Brc1ccccc1N=Cc1cccn1-c1ccc2ccccc2c1. The van der Waals surface area contributed by atoms with Crippen molar-refractivity contribution in [2.45, 2.75) is 0 Å². The highest BCUT2D eigenvalue weighted by Gasteiger charge is 2.03. The quantitative estimate of drug-likeness (QED) is 0.383. The molecule has 0 amide bonds. The van der Waals surface area contributed by atoms with Crippen LogP contribution in [0.15, 0.2) is 94.5 Å². The summed E-state index contributed by atoms with van der Waals surface area (Å²) in [6, 6.07) is 26.9. The Morgan fingerprint density at radius 1 is 0.792 bits per heavy atom. The Labute approximate surface area is 149 Å². The molecule has 0 spiro atoms. The predicted octanol–water partition coefficient (Wildman–Crippen LogP) is 6.14. The van der Waals surface area contributed by atoms with E-state index in [9.17, 15) is 0 Å². The van der Waals surface area contributed by atoms with Gasteiger partial charge in [-0.25, -0.2) is 0 Å². The minimum absolute atomic E-state index is 0.920. The van der Waals surface area contributed by atoms with Crippen molar-refractivity contribution in [3.8, 4) is 5.69 Å². The van der Waals surface area contributed by atoms with E-state index in [0.717, 1.165) is 21.5 Å². The van der Waals surface area contributed by atoms with Crippen LogP contribution in [-0.4, -0.2) is 10.8 Å². The van der Waals surface area contributed by atoms with Gasteiger partial charge in [-0.2, -0.15) is 0 Å². The van der Waals surface area contributed by atoms with E-state index in [0.29, 0.717) is 0 Å². The van der Waals surface area contributed by atoms with Crippen LogP contribution >= 0.6 is 15.9 Å². The number of halogens is 1. The predicted molar refractivity (Wildman–Crippen MR) is 105 cm³/mol. The number of nitrogens with zero attached hydrogens (tertiary/aromatic N) is 2. The largest absolute Gasteiger partial charge is 0.316 e. The third-order valence-corrected chi connectivity index (χ3v) is 4.65. The summed E-state index contributed by atoms with van der Waals surface area (Å²) in [6.07, 6.45) is 3.96. The first-order valence-electron chi connectivity index (χ1n) is 7.76. The van der Waals surface area contributed by atoms with Crippen molar-refractivity contribution in [3.63, 3.8) is 0 Å². The Hall–Kier alpha value is -2.65. The van der Waals surface area contributed by atoms with Crippen LogP contribution in [0.2, 0.25) is 0 Å². The van der Waals surface area contributed by atoms with E-state index in [2.05, 4.69) is 80.2 Å². The Morgan fingerprint density at radius 3 is 2.46 bits per heavy atom. The van der Waals surface area contributed by atoms with Crippen LogP contribution in [0.3, 0.4) is 0 Å². The first-order chi connectivity index (χ1) is 11.8. The molecule has 0 aliphatic heterocycles. The van der Waals surface area contributed by atoms with Crippen LogP contribution in [0.5, 0.6) is 0 Å². The van der Waals surface area contributed by atoms with Gasteiger partial charge >= 0.3 is 0 Å². The van der Waals surface area contributed by atoms with Crippen LogP contribution in [0, 0.1) is 0 Å². The molecule has 0 aliphatic rings. The van der Waals surface area contributed by atoms with Gasteiger partial charge in [-0.1, -0.05) is 42.5 Å². The average molecular weight is 375 g/mol. The van der Waals surface area contributed by atoms with Gasteiger partial charge in [0, 0.05) is 16.4 Å². The first-order valence-corrected chi connectivity index (χ1v) is 8.56. The Balaban J connectivity index is 1.72. The summed E-state index contributed by atoms with van der Waals surface area (Å²) < 4.78 is 3.14. The molecule has 24 heavy (non-hydrogen) atoms. The van der Waals surface area contributed by atoms with E-state index in [1.807, 2.05) is 36.5 Å². The van der Waals surface area contributed by atoms with E-state index in [-0.39, 0.29) is 0 Å². The third-order valence-electron chi connectivity index (χ3n) is 3.98. The number of rotatable bonds is 3. The van der Waals surface area contributed by atoms with E-state index in [1.165, 1.54) is 10.8 Å². The molecule has 1 aromatic heterocycles. The lowest BCUT2D eigenvalue weighted by molar-refractivity contribution is 1.07. The van der Waals surface area contributed by atoms with Gasteiger partial charge in [0.25, 0.3) is 0 Å². The molecule has 4 aromatic rings. The minimum Gasteiger partial charge on any atom is -0.316 e. The molecule has 0 atom stereocenters. The number of fused-ring (bicyclic) bond motifs is 1. The summed E-state index contributed by atoms with van der Waals surface area (Å²) in [5, 5.41) is 2.48. The zero-order chi connectivity index (χ0) is 16.4. The smallest absolute Gasteiger partial charge is 0.0772 e. The normalized spacial score (nSPS) is 11.4. The van der Waals surface area contributed by atoms with Crippen LogP contribution in [0.4, 0.5) is 5.69 Å². The van der Waals surface area contributed by atoms with Crippen molar-refractivity contribution < 1.29 is 0 Å². The molecule has 0 fully saturated rings. The molecule has 0 N–H and O–H groups in total. The topological polar surface area (TPSA) is 17.3 Å². The van der Waals surface area contributed by atoms with E-state index in [1.54, 1.807) is 0 Å². The van der Waals surface area contributed by atoms with Gasteiger partial charge in [0.2, 0.25) is 0 Å². The van der Waals surface area contributed by atoms with E-state index >= 15 is 0 Å². The van der Waals surface area contributed by atoms with E-state index < -0.39 is 0 Å². The molecule has 0 saturated heterocycles. The maximum absolute atomic E-state index is 4.60. The van der Waals surface area contributed by atoms with Gasteiger partial charge in [-0.15, -0.1) is 0 Å². The maximum Gasteiger partial charge on any atom is 0.0772 e. The van der Waals surface area contributed by atoms with Crippen LogP contribution in [0.1, 0.15) is 5.69 Å². The van der Waals surface area contributed by atoms with Gasteiger partial charge in [0.1, 0.15) is 0 Å². The highest BCUT2D eigenvalue weighted by molar-refractivity contribution is 9.10. The molecule has 116 valence electrons. The number of hydrogen-bond donors (Lipinski definition) is 0. The van der Waals surface area contributed by atoms with Crippen molar-refractivity contribution >= 4 is 38.6 Å². The maximum atomic E-state index is 4.60. The zero-order valence-corrected chi connectivity index (χ0v) is 14.5. The number of aromatic nitrogens is 1. The summed E-state index contributed by atoms with van der Waals surface area (Å²) in [5.74, 6) is 0. The summed E-state index contributed by atoms with van der Waals surface area (Å²) in [4.78, 5) is 4.60. The molecule has 3 heteroatoms. The van der Waals surface area contributed by atoms with Gasteiger partial charge in [-0.05, 0) is 63.1 Å². The van der Waals surface area contributed by atoms with Crippen molar-refractivity contribution in [1.29, 1.82) is 0 Å². The van der Waals surface area contributed by atoms with Gasteiger partial charge < -0.3 is 4.57 Å². The average Bonchev–Trinajstić information content (AvgIpc) is 3.09. The second kappa shape index (κ2) is 6.46. The molecular weight excluding hydrogens is 360 g/mol. The Kier molecular flexibility index (Phi) is 4.01. The highest BCUT2D eigenvalue weighted by Crippen LogP contribution is 2.25. The van der Waals surface area contributed by atoms with Crippen molar-refractivity contribution in [2.75, 3.05) is 0 Å². The number of benzene rings is 3. The molecule has 0 saturated carbocycles. The standard InChI is InChI=1S/C21H15BrN2/c22-20-9-3-4-10-21(20)23-15-19-8-5-13-24(19)18-12-11-16-6-1-2-7-17(16)14-18/h1-15H. The molecular formula is C21H15BrN2. The molecule has 1 heterocycles. The van der Waals surface area contributed by atoms with Gasteiger partial charge in [0.05, 0.1) is 17.6 Å². The van der Waals surface area contributed by atoms with E-state index in [4.69, 9.17) is 0 Å². The van der Waals surface area contributed by atoms with Crippen LogP contribution < -0.4 is 0 Å². The molecule has 0 bridgehead atoms. The molecule has 4 rings (SSSR count). The number of hydrogen-bond acceptors (Lipinski definition) is 1.